The van der Waals surface area contributed by atoms with Gasteiger partial charge in [0, 0.05) is 31.2 Å². The van der Waals surface area contributed by atoms with Gasteiger partial charge in [0.15, 0.2) is 0 Å². The number of hydrogen-bond acceptors (Lipinski definition) is 4. The van der Waals surface area contributed by atoms with E-state index in [-0.39, 0.29) is 5.91 Å². The zero-order valence-electron chi connectivity index (χ0n) is 12.5. The number of rotatable bonds is 2. The number of hydrogen-bond donors (Lipinski definition) is 1. The molecule has 5 nitrogen and oxygen atoms in total. The fraction of sp³-hybridized carbons (Fsp3) is 0.562. The summed E-state index contributed by atoms with van der Waals surface area (Å²) >= 11 is 0. The van der Waals surface area contributed by atoms with Crippen LogP contribution in [0.15, 0.2) is 18.2 Å². The highest BCUT2D eigenvalue weighted by molar-refractivity contribution is 5.95. The zero-order valence-corrected chi connectivity index (χ0v) is 12.5. The van der Waals surface area contributed by atoms with Crippen molar-refractivity contribution in [2.45, 2.75) is 25.3 Å². The van der Waals surface area contributed by atoms with Crippen molar-refractivity contribution >= 4 is 11.6 Å². The van der Waals surface area contributed by atoms with Gasteiger partial charge in [0.25, 0.3) is 5.91 Å². The summed E-state index contributed by atoms with van der Waals surface area (Å²) in [4.78, 5) is 17.2. The molecular weight excluding hydrogens is 266 g/mol. The number of nitrogens with zero attached hydrogens (tertiary/aromatic N) is 2. The number of anilines is 1. The molecule has 1 amide bonds. The average Bonchev–Trinajstić information content (AvgIpc) is 2.84. The third-order valence-electron chi connectivity index (χ3n) is 4.57. The van der Waals surface area contributed by atoms with Gasteiger partial charge in [-0.15, -0.1) is 0 Å². The fourth-order valence-corrected chi connectivity index (χ4v) is 3.42. The fourth-order valence-electron chi connectivity index (χ4n) is 3.42. The van der Waals surface area contributed by atoms with E-state index in [1.165, 1.54) is 19.4 Å². The number of amides is 1. The molecule has 114 valence electrons. The van der Waals surface area contributed by atoms with Crippen molar-refractivity contribution < 1.29 is 9.53 Å². The Kier molecular flexibility index (Phi) is 4.01. The van der Waals surface area contributed by atoms with Crippen molar-refractivity contribution in [1.82, 2.24) is 9.80 Å². The Morgan fingerprint density at radius 1 is 1.29 bits per heavy atom. The monoisotopic (exact) mass is 289 g/mol. The predicted octanol–water partition coefficient (Wildman–Crippen LogP) is 1.59. The van der Waals surface area contributed by atoms with Gasteiger partial charge in [0.1, 0.15) is 5.75 Å². The van der Waals surface area contributed by atoms with E-state index < -0.39 is 0 Å². The summed E-state index contributed by atoms with van der Waals surface area (Å²) in [6, 6.07) is 5.81. The highest BCUT2D eigenvalue weighted by atomic mass is 16.5. The van der Waals surface area contributed by atoms with Gasteiger partial charge < -0.3 is 15.4 Å². The summed E-state index contributed by atoms with van der Waals surface area (Å²) in [5.74, 6) is 0.653. The summed E-state index contributed by atoms with van der Waals surface area (Å²) in [7, 11) is 1.57. The molecular formula is C16H23N3O2. The number of nitrogen functional groups attached to an aromatic ring is 1. The van der Waals surface area contributed by atoms with E-state index in [9.17, 15) is 4.79 Å². The number of benzene rings is 1. The quantitative estimate of drug-likeness (QED) is 0.840. The summed E-state index contributed by atoms with van der Waals surface area (Å²) in [5.41, 5.74) is 7.04. The Bertz CT molecular complexity index is 532. The molecule has 0 spiro atoms. The second-order valence-corrected chi connectivity index (χ2v) is 5.89. The molecule has 1 unspecified atom stereocenters. The second kappa shape index (κ2) is 5.93. The summed E-state index contributed by atoms with van der Waals surface area (Å²) in [6.07, 6.45) is 3.51. The minimum absolute atomic E-state index is 0.0852. The van der Waals surface area contributed by atoms with Gasteiger partial charge in [-0.25, -0.2) is 0 Å². The molecule has 2 aliphatic heterocycles. The molecule has 2 aliphatic rings. The van der Waals surface area contributed by atoms with Crippen LogP contribution in [-0.4, -0.2) is 55.0 Å². The molecule has 1 aromatic carbocycles. The van der Waals surface area contributed by atoms with Gasteiger partial charge in [0.05, 0.1) is 12.8 Å². The molecule has 3 rings (SSSR count). The Balaban J connectivity index is 1.77. The third-order valence-corrected chi connectivity index (χ3v) is 4.57. The van der Waals surface area contributed by atoms with Crippen LogP contribution in [0.25, 0.3) is 0 Å². The van der Waals surface area contributed by atoms with Crippen molar-refractivity contribution in [3.63, 3.8) is 0 Å². The van der Waals surface area contributed by atoms with Gasteiger partial charge in [0.2, 0.25) is 0 Å². The molecule has 0 aromatic heterocycles. The zero-order chi connectivity index (χ0) is 14.8. The van der Waals surface area contributed by atoms with Gasteiger partial charge in [-0.1, -0.05) is 0 Å². The summed E-state index contributed by atoms with van der Waals surface area (Å²) < 4.78 is 5.21. The Morgan fingerprint density at radius 2 is 2.10 bits per heavy atom. The van der Waals surface area contributed by atoms with E-state index in [4.69, 9.17) is 10.5 Å². The highest BCUT2D eigenvalue weighted by Gasteiger charge is 2.30. The van der Waals surface area contributed by atoms with Crippen LogP contribution in [0.4, 0.5) is 5.69 Å². The topological polar surface area (TPSA) is 58.8 Å². The molecule has 0 radical (unpaired) electrons. The first-order valence-corrected chi connectivity index (χ1v) is 7.66. The van der Waals surface area contributed by atoms with Crippen molar-refractivity contribution in [3.8, 4) is 5.75 Å². The number of ether oxygens (including phenoxy) is 1. The number of carbonyl (C=O) groups excluding carboxylic acids is 1. The maximum Gasteiger partial charge on any atom is 0.254 e. The maximum atomic E-state index is 12.7. The molecule has 0 bridgehead atoms. The van der Waals surface area contributed by atoms with Crippen LogP contribution in [0.3, 0.4) is 0 Å². The van der Waals surface area contributed by atoms with E-state index >= 15 is 0 Å². The van der Waals surface area contributed by atoms with E-state index in [1.807, 2.05) is 4.90 Å². The van der Waals surface area contributed by atoms with Crippen molar-refractivity contribution in [3.05, 3.63) is 23.8 Å². The first kappa shape index (κ1) is 14.2. The van der Waals surface area contributed by atoms with Crippen molar-refractivity contribution in [2.75, 3.05) is 39.0 Å². The first-order chi connectivity index (χ1) is 10.2. The van der Waals surface area contributed by atoms with E-state index in [2.05, 4.69) is 4.90 Å². The lowest BCUT2D eigenvalue weighted by atomic mass is 10.1. The Labute approximate surface area is 125 Å². The molecule has 1 aromatic rings. The SMILES string of the molecule is COc1cc(C(=O)N2CCCN3CCCC3C2)ccc1N. The lowest BCUT2D eigenvalue weighted by Crippen LogP contribution is -2.39. The smallest absolute Gasteiger partial charge is 0.254 e. The lowest BCUT2D eigenvalue weighted by Gasteiger charge is -2.26. The molecule has 2 saturated heterocycles. The van der Waals surface area contributed by atoms with Crippen LogP contribution >= 0.6 is 0 Å². The largest absolute Gasteiger partial charge is 0.495 e. The molecule has 2 heterocycles. The van der Waals surface area contributed by atoms with Crippen LogP contribution in [0, 0.1) is 0 Å². The predicted molar refractivity (Wildman–Crippen MR) is 82.5 cm³/mol. The molecule has 5 heteroatoms. The van der Waals surface area contributed by atoms with Crippen LogP contribution in [0.2, 0.25) is 0 Å². The van der Waals surface area contributed by atoms with Gasteiger partial charge >= 0.3 is 0 Å². The van der Waals surface area contributed by atoms with E-state index in [0.29, 0.717) is 23.0 Å². The van der Waals surface area contributed by atoms with Crippen molar-refractivity contribution in [1.29, 1.82) is 0 Å². The van der Waals surface area contributed by atoms with Gasteiger partial charge in [-0.05, 0) is 44.0 Å². The molecule has 2 fully saturated rings. The average molecular weight is 289 g/mol. The number of methoxy groups -OCH3 is 1. The molecule has 2 N–H and O–H groups in total. The second-order valence-electron chi connectivity index (χ2n) is 5.89. The minimum atomic E-state index is 0.0852. The third kappa shape index (κ3) is 2.83. The van der Waals surface area contributed by atoms with Gasteiger partial charge in [-0.2, -0.15) is 0 Å². The summed E-state index contributed by atoms with van der Waals surface area (Å²) in [5, 5.41) is 0. The molecule has 1 atom stereocenters. The highest BCUT2D eigenvalue weighted by Crippen LogP contribution is 2.25. The van der Waals surface area contributed by atoms with Crippen LogP contribution in [0.1, 0.15) is 29.6 Å². The minimum Gasteiger partial charge on any atom is -0.495 e. The Morgan fingerprint density at radius 3 is 2.90 bits per heavy atom. The standard InChI is InChI=1S/C16H23N3O2/c1-21-15-10-12(5-6-14(15)17)16(20)19-9-3-8-18-7-2-4-13(18)11-19/h5-6,10,13H,2-4,7-9,11,17H2,1H3. The number of carbonyl (C=O) groups is 1. The van der Waals surface area contributed by atoms with E-state index in [0.717, 1.165) is 26.1 Å². The normalized spacial score (nSPS) is 22.7. The van der Waals surface area contributed by atoms with E-state index in [1.54, 1.807) is 25.3 Å². The maximum absolute atomic E-state index is 12.7. The summed E-state index contributed by atoms with van der Waals surface area (Å²) in [6.45, 7) is 3.96. The Hall–Kier alpha value is -1.75. The van der Waals surface area contributed by atoms with Gasteiger partial charge in [-0.3, -0.25) is 9.69 Å². The molecule has 0 aliphatic carbocycles. The van der Waals surface area contributed by atoms with Crippen LogP contribution in [0.5, 0.6) is 5.75 Å². The number of nitrogens with two attached hydrogens (primary N) is 1. The molecule has 0 saturated carbocycles. The van der Waals surface area contributed by atoms with Crippen LogP contribution in [-0.2, 0) is 0 Å². The lowest BCUT2D eigenvalue weighted by molar-refractivity contribution is 0.0743. The number of fused-ring (bicyclic) bond motifs is 1. The first-order valence-electron chi connectivity index (χ1n) is 7.66. The van der Waals surface area contributed by atoms with Crippen molar-refractivity contribution in [2.24, 2.45) is 0 Å². The van der Waals surface area contributed by atoms with Crippen LogP contribution < -0.4 is 10.5 Å². The molecule has 21 heavy (non-hydrogen) atoms.